The van der Waals surface area contributed by atoms with Crippen LogP contribution < -0.4 is 0 Å². The van der Waals surface area contributed by atoms with Crippen molar-refractivity contribution in [2.24, 2.45) is 0 Å². The van der Waals surface area contributed by atoms with E-state index in [-0.39, 0.29) is 5.91 Å². The molecule has 0 saturated heterocycles. The van der Waals surface area contributed by atoms with Gasteiger partial charge < -0.3 is 4.90 Å². The molecule has 0 spiro atoms. The maximum Gasteiger partial charge on any atom is 0.263 e. The SMILES string of the molecule is CN(C)C(=O)c1ccc(C=O)s1. The molecule has 0 saturated carbocycles. The molecule has 0 aliphatic carbocycles. The molecule has 0 N–H and O–H groups in total. The lowest BCUT2D eigenvalue weighted by Gasteiger charge is -2.06. The number of rotatable bonds is 2. The molecule has 0 unspecified atom stereocenters. The van der Waals surface area contributed by atoms with Crippen LogP contribution >= 0.6 is 11.3 Å². The third kappa shape index (κ3) is 1.71. The van der Waals surface area contributed by atoms with Gasteiger partial charge in [-0.3, -0.25) is 9.59 Å². The van der Waals surface area contributed by atoms with Crippen LogP contribution in [0.1, 0.15) is 19.3 Å². The lowest BCUT2D eigenvalue weighted by atomic mass is 10.4. The second kappa shape index (κ2) is 3.49. The van der Waals surface area contributed by atoms with Crippen molar-refractivity contribution >= 4 is 23.5 Å². The number of hydrogen-bond donors (Lipinski definition) is 0. The van der Waals surface area contributed by atoms with Gasteiger partial charge in [0.2, 0.25) is 0 Å². The first-order valence-electron chi connectivity index (χ1n) is 3.42. The van der Waals surface area contributed by atoms with Crippen LogP contribution in [0, 0.1) is 0 Å². The minimum Gasteiger partial charge on any atom is -0.344 e. The molecule has 0 fully saturated rings. The molecule has 0 bridgehead atoms. The van der Waals surface area contributed by atoms with Crippen LogP contribution in [0.4, 0.5) is 0 Å². The highest BCUT2D eigenvalue weighted by atomic mass is 32.1. The molecule has 1 heterocycles. The lowest BCUT2D eigenvalue weighted by Crippen LogP contribution is -2.20. The highest BCUT2D eigenvalue weighted by Crippen LogP contribution is 2.15. The zero-order valence-electron chi connectivity index (χ0n) is 6.90. The van der Waals surface area contributed by atoms with E-state index in [0.717, 1.165) is 6.29 Å². The van der Waals surface area contributed by atoms with Crippen LogP contribution in [0.3, 0.4) is 0 Å². The van der Waals surface area contributed by atoms with Gasteiger partial charge in [-0.1, -0.05) is 0 Å². The molecule has 0 aromatic carbocycles. The van der Waals surface area contributed by atoms with E-state index in [0.29, 0.717) is 9.75 Å². The van der Waals surface area contributed by atoms with E-state index in [1.54, 1.807) is 26.2 Å². The minimum atomic E-state index is -0.0619. The summed E-state index contributed by atoms with van der Waals surface area (Å²) in [7, 11) is 3.37. The Hall–Kier alpha value is -1.16. The Bertz CT molecular complexity index is 304. The molecule has 0 aliphatic heterocycles. The van der Waals surface area contributed by atoms with Crippen molar-refractivity contribution in [3.8, 4) is 0 Å². The Balaban J connectivity index is 2.89. The topological polar surface area (TPSA) is 37.4 Å². The first-order chi connectivity index (χ1) is 5.65. The van der Waals surface area contributed by atoms with Gasteiger partial charge in [0.25, 0.3) is 5.91 Å². The summed E-state index contributed by atoms with van der Waals surface area (Å²) < 4.78 is 0. The van der Waals surface area contributed by atoms with Gasteiger partial charge in [0.05, 0.1) is 9.75 Å². The van der Waals surface area contributed by atoms with Gasteiger partial charge in [-0.15, -0.1) is 11.3 Å². The summed E-state index contributed by atoms with van der Waals surface area (Å²) in [5.41, 5.74) is 0. The van der Waals surface area contributed by atoms with Crippen LogP contribution in [-0.4, -0.2) is 31.2 Å². The molecule has 1 amide bonds. The van der Waals surface area contributed by atoms with E-state index in [1.165, 1.54) is 16.2 Å². The first-order valence-corrected chi connectivity index (χ1v) is 4.23. The summed E-state index contributed by atoms with van der Waals surface area (Å²) in [5.74, 6) is -0.0619. The van der Waals surface area contributed by atoms with Crippen molar-refractivity contribution in [2.75, 3.05) is 14.1 Å². The van der Waals surface area contributed by atoms with E-state index in [2.05, 4.69) is 0 Å². The number of thiophene rings is 1. The molecule has 0 radical (unpaired) electrons. The Morgan fingerprint density at radius 2 is 2.17 bits per heavy atom. The fourth-order valence-corrected chi connectivity index (χ4v) is 1.60. The second-order valence-corrected chi connectivity index (χ2v) is 3.63. The molecular weight excluding hydrogens is 174 g/mol. The molecule has 0 aliphatic rings. The number of amides is 1. The maximum absolute atomic E-state index is 11.3. The van der Waals surface area contributed by atoms with Gasteiger partial charge in [-0.25, -0.2) is 0 Å². The zero-order valence-corrected chi connectivity index (χ0v) is 7.72. The molecule has 0 atom stereocenters. The lowest BCUT2D eigenvalue weighted by molar-refractivity contribution is 0.0832. The largest absolute Gasteiger partial charge is 0.344 e. The molecule has 1 aromatic heterocycles. The maximum atomic E-state index is 11.3. The standard InChI is InChI=1S/C8H9NO2S/c1-9(2)8(11)7-4-3-6(5-10)12-7/h3-5H,1-2H3. The minimum absolute atomic E-state index is 0.0619. The Labute approximate surface area is 74.6 Å². The molecule has 3 nitrogen and oxygen atoms in total. The van der Waals surface area contributed by atoms with Crippen molar-refractivity contribution in [1.29, 1.82) is 0 Å². The Morgan fingerprint density at radius 1 is 1.50 bits per heavy atom. The normalized spacial score (nSPS) is 9.50. The van der Waals surface area contributed by atoms with Crippen LogP contribution in [0.25, 0.3) is 0 Å². The first kappa shape index (κ1) is 8.93. The van der Waals surface area contributed by atoms with E-state index in [4.69, 9.17) is 0 Å². The molecule has 64 valence electrons. The highest BCUT2D eigenvalue weighted by molar-refractivity contribution is 7.15. The molecular formula is C8H9NO2S. The van der Waals surface area contributed by atoms with Gasteiger partial charge in [0.1, 0.15) is 0 Å². The van der Waals surface area contributed by atoms with Gasteiger partial charge in [-0.05, 0) is 12.1 Å². The molecule has 1 aromatic rings. The summed E-state index contributed by atoms with van der Waals surface area (Å²) in [4.78, 5) is 24.3. The second-order valence-electron chi connectivity index (χ2n) is 2.52. The van der Waals surface area contributed by atoms with Crippen LogP contribution in [0.15, 0.2) is 12.1 Å². The van der Waals surface area contributed by atoms with Crippen molar-refractivity contribution in [3.05, 3.63) is 21.9 Å². The van der Waals surface area contributed by atoms with Crippen molar-refractivity contribution in [2.45, 2.75) is 0 Å². The zero-order chi connectivity index (χ0) is 9.14. The third-order valence-electron chi connectivity index (χ3n) is 1.36. The monoisotopic (exact) mass is 183 g/mol. The summed E-state index contributed by atoms with van der Waals surface area (Å²) in [6, 6.07) is 3.31. The number of hydrogen-bond acceptors (Lipinski definition) is 3. The Kier molecular flexibility index (Phi) is 2.60. The van der Waals surface area contributed by atoms with E-state index in [1.807, 2.05) is 0 Å². The van der Waals surface area contributed by atoms with Gasteiger partial charge in [-0.2, -0.15) is 0 Å². The van der Waals surface area contributed by atoms with E-state index >= 15 is 0 Å². The number of nitrogens with zero attached hydrogens (tertiary/aromatic N) is 1. The highest BCUT2D eigenvalue weighted by Gasteiger charge is 2.09. The number of carbonyl (C=O) groups is 2. The fourth-order valence-electron chi connectivity index (χ4n) is 0.751. The quantitative estimate of drug-likeness (QED) is 0.647. The predicted molar refractivity (Wildman–Crippen MR) is 47.7 cm³/mol. The van der Waals surface area contributed by atoms with E-state index < -0.39 is 0 Å². The van der Waals surface area contributed by atoms with Gasteiger partial charge >= 0.3 is 0 Å². The molecule has 4 heteroatoms. The predicted octanol–water partition coefficient (Wildman–Crippen LogP) is 1.26. The molecule has 12 heavy (non-hydrogen) atoms. The van der Waals surface area contributed by atoms with Crippen LogP contribution in [0.2, 0.25) is 0 Å². The van der Waals surface area contributed by atoms with E-state index in [9.17, 15) is 9.59 Å². The third-order valence-corrected chi connectivity index (χ3v) is 2.36. The average molecular weight is 183 g/mol. The van der Waals surface area contributed by atoms with Crippen LogP contribution in [0.5, 0.6) is 0 Å². The summed E-state index contributed by atoms with van der Waals surface area (Å²) in [6.45, 7) is 0. The Morgan fingerprint density at radius 3 is 2.58 bits per heavy atom. The van der Waals surface area contributed by atoms with Crippen molar-refractivity contribution in [3.63, 3.8) is 0 Å². The number of aldehydes is 1. The van der Waals surface area contributed by atoms with Gasteiger partial charge in [0.15, 0.2) is 6.29 Å². The fraction of sp³-hybridized carbons (Fsp3) is 0.250. The summed E-state index contributed by atoms with van der Waals surface area (Å²) >= 11 is 1.21. The summed E-state index contributed by atoms with van der Waals surface area (Å²) in [5, 5.41) is 0. The molecule has 1 rings (SSSR count). The van der Waals surface area contributed by atoms with Crippen molar-refractivity contribution < 1.29 is 9.59 Å². The number of carbonyl (C=O) groups excluding carboxylic acids is 2. The average Bonchev–Trinajstić information content (AvgIpc) is 2.50. The van der Waals surface area contributed by atoms with Crippen molar-refractivity contribution in [1.82, 2.24) is 4.90 Å². The smallest absolute Gasteiger partial charge is 0.263 e. The van der Waals surface area contributed by atoms with Gasteiger partial charge in [0, 0.05) is 14.1 Å². The van der Waals surface area contributed by atoms with Crippen LogP contribution in [-0.2, 0) is 0 Å². The summed E-state index contributed by atoms with van der Waals surface area (Å²) in [6.07, 6.45) is 0.747.